The number of hydrogen-bond donors (Lipinski definition) is 2. The van der Waals surface area contributed by atoms with Crippen molar-refractivity contribution in [3.8, 4) is 0 Å². The van der Waals surface area contributed by atoms with Gasteiger partial charge in [0.2, 0.25) is 23.1 Å². The number of carbonyl (C=O) groups is 2. The molecule has 0 saturated heterocycles. The van der Waals surface area contributed by atoms with Crippen LogP contribution in [0, 0.1) is 0 Å². The Morgan fingerprint density at radius 3 is 1.90 bits per heavy atom. The standard InChI is InChI=1S/C42H56N4O3/c1-3-5-7-9-11-12-13-14-15-16-21-25-38(47)45-37-29-26-33(31-44-37)39-41(48)40(42(39)49)36-28-27-35(32-43-36)46(34-23-19-18-20-24-34)30-22-17-10-8-6-4-2/h18-20,23-24,26-29,31-32H,3-17,21-22,25,30H2,1-2H3,(H,43,48,49)/p+1. The van der Waals surface area contributed by atoms with Gasteiger partial charge in [-0.25, -0.2) is 9.98 Å². The number of nitrogens with zero attached hydrogens (tertiary/aromatic N) is 3. The first kappa shape index (κ1) is 37.7. The molecule has 0 spiro atoms. The number of aliphatic hydroxyl groups is 1. The first-order valence-electron chi connectivity index (χ1n) is 18.9. The van der Waals surface area contributed by atoms with Crippen LogP contribution in [0.5, 0.6) is 0 Å². The fourth-order valence-corrected chi connectivity index (χ4v) is 6.44. The number of nitrogens with one attached hydrogen (secondary N) is 1. The maximum absolute atomic E-state index is 13.2. The summed E-state index contributed by atoms with van der Waals surface area (Å²) in [5, 5.41) is 13.8. The molecule has 262 valence electrons. The van der Waals surface area contributed by atoms with Crippen molar-refractivity contribution < 1.29 is 19.3 Å². The molecular formula is C42H57N4O3+. The molecule has 1 aromatic carbocycles. The van der Waals surface area contributed by atoms with Crippen molar-refractivity contribution in [3.05, 3.63) is 83.4 Å². The van der Waals surface area contributed by atoms with Gasteiger partial charge in [-0.1, -0.05) is 122 Å². The maximum Gasteiger partial charge on any atom is 0.225 e. The summed E-state index contributed by atoms with van der Waals surface area (Å²) in [7, 11) is 0. The molecule has 7 heteroatoms. The van der Waals surface area contributed by atoms with Gasteiger partial charge in [0.25, 0.3) is 0 Å². The average Bonchev–Trinajstić information content (AvgIpc) is 3.12. The van der Waals surface area contributed by atoms with Crippen molar-refractivity contribution in [2.45, 2.75) is 129 Å². The molecule has 1 aromatic heterocycles. The van der Waals surface area contributed by atoms with Crippen molar-refractivity contribution in [1.29, 1.82) is 0 Å². The molecule has 7 nitrogen and oxygen atoms in total. The second kappa shape index (κ2) is 21.1. The van der Waals surface area contributed by atoms with Gasteiger partial charge in [-0.05, 0) is 31.1 Å². The van der Waals surface area contributed by atoms with E-state index in [-0.39, 0.29) is 28.6 Å². The predicted molar refractivity (Wildman–Crippen MR) is 203 cm³/mol. The number of para-hydroxylation sites is 1. The normalized spacial score (nSPS) is 16.7. The number of aliphatic hydroxyl groups excluding tert-OH is 1. The van der Waals surface area contributed by atoms with Crippen molar-refractivity contribution in [2.24, 2.45) is 4.99 Å². The van der Waals surface area contributed by atoms with Crippen LogP contribution < -0.4 is 5.32 Å². The number of dihydropyridines is 1. The molecule has 0 radical (unpaired) electrons. The van der Waals surface area contributed by atoms with Gasteiger partial charge in [0.05, 0.1) is 23.1 Å². The van der Waals surface area contributed by atoms with Gasteiger partial charge < -0.3 is 10.4 Å². The van der Waals surface area contributed by atoms with Gasteiger partial charge in [0.15, 0.2) is 0 Å². The highest BCUT2D eigenvalue weighted by Crippen LogP contribution is 2.38. The molecule has 0 unspecified atom stereocenters. The zero-order valence-electron chi connectivity index (χ0n) is 29.9. The molecule has 2 heterocycles. The predicted octanol–water partition coefficient (Wildman–Crippen LogP) is 10.6. The van der Waals surface area contributed by atoms with Gasteiger partial charge in [-0.15, -0.1) is 0 Å². The summed E-state index contributed by atoms with van der Waals surface area (Å²) in [6.45, 7) is 5.36. The number of hydrogen-bond acceptors (Lipinski definition) is 5. The lowest BCUT2D eigenvalue weighted by atomic mass is 9.82. The molecule has 2 aliphatic rings. The molecule has 1 amide bonds. The minimum atomic E-state index is -0.264. The quantitative estimate of drug-likeness (QED) is 0.0743. The molecule has 2 N–H and O–H groups in total. The van der Waals surface area contributed by atoms with Gasteiger partial charge in [0, 0.05) is 42.8 Å². The van der Waals surface area contributed by atoms with Gasteiger partial charge in [-0.3, -0.25) is 9.59 Å². The Hall–Kier alpha value is -4.13. The maximum atomic E-state index is 13.2. The van der Waals surface area contributed by atoms with E-state index in [1.807, 2.05) is 24.3 Å². The molecule has 49 heavy (non-hydrogen) atoms. The minimum Gasteiger partial charge on any atom is -0.506 e. The Labute approximate surface area is 294 Å². The zero-order chi connectivity index (χ0) is 34.7. The number of carbonyl (C=O) groups excluding carboxylic acids is 2. The third-order valence-corrected chi connectivity index (χ3v) is 9.37. The van der Waals surface area contributed by atoms with Crippen molar-refractivity contribution in [1.82, 2.24) is 4.98 Å². The van der Waals surface area contributed by atoms with E-state index in [0.717, 1.165) is 37.2 Å². The highest BCUT2D eigenvalue weighted by Gasteiger charge is 2.37. The van der Waals surface area contributed by atoms with Crippen LogP contribution in [0.1, 0.15) is 135 Å². The lowest BCUT2D eigenvalue weighted by Crippen LogP contribution is -2.24. The molecule has 0 bridgehead atoms. The van der Waals surface area contributed by atoms with Crippen LogP contribution in [-0.4, -0.2) is 44.8 Å². The fraction of sp³-hybridized carbons (Fsp3) is 0.500. The number of Topliss-reactive ketones (excluding diaryl/α,β-unsaturated/α-hetero) is 1. The van der Waals surface area contributed by atoms with Gasteiger partial charge in [-0.2, -0.15) is 4.58 Å². The van der Waals surface area contributed by atoms with E-state index in [2.05, 4.69) is 45.8 Å². The van der Waals surface area contributed by atoms with Crippen LogP contribution in [0.3, 0.4) is 0 Å². The highest BCUT2D eigenvalue weighted by molar-refractivity contribution is 6.40. The van der Waals surface area contributed by atoms with Gasteiger partial charge in [0.1, 0.15) is 18.1 Å². The van der Waals surface area contributed by atoms with Crippen LogP contribution in [0.2, 0.25) is 0 Å². The molecule has 0 saturated carbocycles. The second-order valence-electron chi connectivity index (χ2n) is 13.4. The lowest BCUT2D eigenvalue weighted by Gasteiger charge is -2.23. The number of amides is 1. The summed E-state index contributed by atoms with van der Waals surface area (Å²) < 4.78 is 2.26. The number of aromatic nitrogens is 1. The topological polar surface area (TPSA) is 94.7 Å². The summed E-state index contributed by atoms with van der Waals surface area (Å²) in [5.74, 6) is 0.0436. The molecular weight excluding hydrogens is 608 g/mol. The SMILES string of the molecule is CCCCCCCCCCCCCC(=O)Nc1ccc(C2=C(O)/C(=C3C=C/C(=[N+](/CCCCCCCC)c4ccccc4)C=N\3)C2=O)cn1. The Morgan fingerprint density at radius 2 is 1.35 bits per heavy atom. The largest absolute Gasteiger partial charge is 0.506 e. The first-order chi connectivity index (χ1) is 24.0. The number of allylic oxidation sites excluding steroid dienone is 4. The zero-order valence-corrected chi connectivity index (χ0v) is 29.9. The summed E-state index contributed by atoms with van der Waals surface area (Å²) in [4.78, 5) is 34.6. The summed E-state index contributed by atoms with van der Waals surface area (Å²) >= 11 is 0. The number of aliphatic imine (C=N–C) groups is 1. The Morgan fingerprint density at radius 1 is 0.735 bits per heavy atom. The summed E-state index contributed by atoms with van der Waals surface area (Å²) in [5.41, 5.74) is 3.45. The smallest absolute Gasteiger partial charge is 0.225 e. The number of rotatable bonds is 22. The van der Waals surface area contributed by atoms with Crippen LogP contribution in [0.4, 0.5) is 11.5 Å². The van der Waals surface area contributed by atoms with E-state index in [9.17, 15) is 14.7 Å². The van der Waals surface area contributed by atoms with E-state index in [1.165, 1.54) is 96.1 Å². The second-order valence-corrected chi connectivity index (χ2v) is 13.4. The highest BCUT2D eigenvalue weighted by atomic mass is 16.3. The first-order valence-corrected chi connectivity index (χ1v) is 18.9. The van der Waals surface area contributed by atoms with E-state index < -0.39 is 0 Å². The van der Waals surface area contributed by atoms with Crippen LogP contribution in [-0.2, 0) is 9.59 Å². The van der Waals surface area contributed by atoms with E-state index >= 15 is 0 Å². The van der Waals surface area contributed by atoms with Gasteiger partial charge >= 0.3 is 0 Å². The number of ketones is 1. The minimum absolute atomic E-state index is 0.0547. The Bertz CT molecular complexity index is 1500. The van der Waals surface area contributed by atoms with Crippen molar-refractivity contribution in [2.75, 3.05) is 11.9 Å². The third kappa shape index (κ3) is 11.8. The van der Waals surface area contributed by atoms with E-state index in [0.29, 0.717) is 23.5 Å². The van der Waals surface area contributed by atoms with Crippen LogP contribution in [0.15, 0.2) is 82.8 Å². The fourth-order valence-electron chi connectivity index (χ4n) is 6.44. The number of pyridine rings is 1. The Balaban J connectivity index is 1.28. The van der Waals surface area contributed by atoms with Crippen LogP contribution in [0.25, 0.3) is 5.57 Å². The Kier molecular flexibility index (Phi) is 16.2. The molecule has 0 fully saturated rings. The van der Waals surface area contributed by atoms with E-state index in [1.54, 1.807) is 24.4 Å². The lowest BCUT2D eigenvalue weighted by molar-refractivity contribution is -0.438. The summed E-state index contributed by atoms with van der Waals surface area (Å²) in [6.07, 6.45) is 28.5. The van der Waals surface area contributed by atoms with Crippen LogP contribution >= 0.6 is 0 Å². The third-order valence-electron chi connectivity index (χ3n) is 9.37. The molecule has 2 aromatic rings. The average molecular weight is 666 g/mol. The molecule has 0 atom stereocenters. The summed E-state index contributed by atoms with van der Waals surface area (Å²) in [6, 6.07) is 13.7. The molecule has 4 rings (SSSR count). The van der Waals surface area contributed by atoms with Crippen molar-refractivity contribution in [3.63, 3.8) is 0 Å². The number of benzene rings is 1. The molecule has 1 aliphatic heterocycles. The van der Waals surface area contributed by atoms with E-state index in [4.69, 9.17) is 0 Å². The number of anilines is 1. The van der Waals surface area contributed by atoms with Crippen molar-refractivity contribution >= 4 is 40.7 Å². The number of unbranched alkanes of at least 4 members (excludes halogenated alkanes) is 15. The molecule has 1 aliphatic carbocycles. The monoisotopic (exact) mass is 665 g/mol.